The van der Waals surface area contributed by atoms with E-state index in [2.05, 4.69) is 17.4 Å². The molecule has 0 spiro atoms. The van der Waals surface area contributed by atoms with Crippen molar-refractivity contribution >= 4 is 33.2 Å². The average Bonchev–Trinajstić information content (AvgIpc) is 2.72. The molecular formula is C23H29ClN2O4S. The molecule has 0 saturated carbocycles. The number of amides is 1. The lowest BCUT2D eigenvalue weighted by Gasteiger charge is -2.29. The quantitative estimate of drug-likeness (QED) is 0.664. The van der Waals surface area contributed by atoms with Gasteiger partial charge in [0.15, 0.2) is 0 Å². The molecule has 0 radical (unpaired) electrons. The zero-order chi connectivity index (χ0) is 22.8. The normalized spacial score (nSPS) is 15.5. The number of nitrogens with one attached hydrogen (secondary N) is 1. The first-order valence-electron chi connectivity index (χ1n) is 10.4. The zero-order valence-corrected chi connectivity index (χ0v) is 19.9. The number of methoxy groups -OCH3 is 1. The summed E-state index contributed by atoms with van der Waals surface area (Å²) in [6, 6.07) is 9.76. The van der Waals surface area contributed by atoms with E-state index in [1.165, 1.54) is 37.1 Å². The Labute approximate surface area is 189 Å². The maximum absolute atomic E-state index is 13.0. The van der Waals surface area contributed by atoms with Crippen molar-refractivity contribution < 1.29 is 17.9 Å². The first-order chi connectivity index (χ1) is 14.6. The Bertz CT molecular complexity index is 1070. The topological polar surface area (TPSA) is 75.7 Å². The molecule has 2 atom stereocenters. The summed E-state index contributed by atoms with van der Waals surface area (Å²) in [5.74, 6) is 0.0413. The number of carbonyl (C=O) groups is 1. The Morgan fingerprint density at radius 2 is 1.77 bits per heavy atom. The molecule has 1 aliphatic rings. The van der Waals surface area contributed by atoms with Crippen LogP contribution in [0, 0.1) is 0 Å². The lowest BCUT2D eigenvalue weighted by Crippen LogP contribution is -2.48. The predicted molar refractivity (Wildman–Crippen MR) is 124 cm³/mol. The minimum Gasteiger partial charge on any atom is -0.495 e. The number of hydrogen-bond donors (Lipinski definition) is 1. The van der Waals surface area contributed by atoms with Crippen LogP contribution in [-0.4, -0.2) is 33.7 Å². The van der Waals surface area contributed by atoms with Gasteiger partial charge in [-0.2, -0.15) is 0 Å². The van der Waals surface area contributed by atoms with Crippen LogP contribution in [0.2, 0.25) is 5.02 Å². The molecule has 0 bridgehead atoms. The van der Waals surface area contributed by atoms with Crippen LogP contribution < -0.4 is 14.4 Å². The third kappa shape index (κ3) is 5.33. The fourth-order valence-corrected chi connectivity index (χ4v) is 5.46. The van der Waals surface area contributed by atoms with Crippen molar-refractivity contribution in [1.82, 2.24) is 5.32 Å². The summed E-state index contributed by atoms with van der Waals surface area (Å²) >= 11 is 6.18. The van der Waals surface area contributed by atoms with Crippen LogP contribution in [0.5, 0.6) is 5.75 Å². The summed E-state index contributed by atoms with van der Waals surface area (Å²) in [4.78, 5) is 13.0. The molecule has 3 rings (SSSR count). The van der Waals surface area contributed by atoms with Crippen LogP contribution in [0.3, 0.4) is 0 Å². The highest BCUT2D eigenvalue weighted by molar-refractivity contribution is 7.92. The van der Waals surface area contributed by atoms with Crippen LogP contribution >= 0.6 is 11.6 Å². The van der Waals surface area contributed by atoms with Crippen LogP contribution in [0.25, 0.3) is 0 Å². The molecule has 2 aromatic rings. The van der Waals surface area contributed by atoms with Crippen LogP contribution in [0.1, 0.15) is 49.4 Å². The molecule has 6 nitrogen and oxygen atoms in total. The van der Waals surface area contributed by atoms with E-state index in [9.17, 15) is 13.2 Å². The summed E-state index contributed by atoms with van der Waals surface area (Å²) in [5.41, 5.74) is 4.03. The number of aryl methyl sites for hydroxylation is 2. The van der Waals surface area contributed by atoms with Gasteiger partial charge in [0.05, 0.1) is 30.1 Å². The highest BCUT2D eigenvalue weighted by atomic mass is 35.5. The van der Waals surface area contributed by atoms with Gasteiger partial charge in [-0.3, -0.25) is 9.10 Å². The summed E-state index contributed by atoms with van der Waals surface area (Å²) < 4.78 is 31.3. The lowest BCUT2D eigenvalue weighted by atomic mass is 9.89. The van der Waals surface area contributed by atoms with Gasteiger partial charge in [0.1, 0.15) is 11.8 Å². The molecule has 0 aromatic heterocycles. The molecular weight excluding hydrogens is 436 g/mol. The first-order valence-corrected chi connectivity index (χ1v) is 12.6. The first kappa shape index (κ1) is 23.4. The van der Waals surface area contributed by atoms with Gasteiger partial charge in [-0.05, 0) is 74.4 Å². The largest absolute Gasteiger partial charge is 0.495 e. The van der Waals surface area contributed by atoms with E-state index in [4.69, 9.17) is 16.3 Å². The molecule has 1 N–H and O–H groups in total. The zero-order valence-electron chi connectivity index (χ0n) is 18.3. The summed E-state index contributed by atoms with van der Waals surface area (Å²) in [6.07, 6.45) is 5.62. The smallest absolute Gasteiger partial charge is 0.244 e. The van der Waals surface area contributed by atoms with E-state index in [0.29, 0.717) is 11.4 Å². The van der Waals surface area contributed by atoms with Crippen LogP contribution in [0.15, 0.2) is 36.4 Å². The molecule has 0 fully saturated rings. The molecule has 31 heavy (non-hydrogen) atoms. The molecule has 1 amide bonds. The fraction of sp³-hybridized carbons (Fsp3) is 0.435. The van der Waals surface area contributed by atoms with Crippen LogP contribution in [-0.2, 0) is 27.7 Å². The number of rotatable bonds is 7. The van der Waals surface area contributed by atoms with E-state index in [1.807, 2.05) is 13.0 Å². The van der Waals surface area contributed by atoms with E-state index in [0.717, 1.165) is 29.0 Å². The van der Waals surface area contributed by atoms with Gasteiger partial charge in [-0.25, -0.2) is 8.42 Å². The van der Waals surface area contributed by atoms with Gasteiger partial charge in [0, 0.05) is 0 Å². The number of fused-ring (bicyclic) bond motifs is 1. The van der Waals surface area contributed by atoms with Gasteiger partial charge in [-0.1, -0.05) is 29.8 Å². The molecule has 8 heteroatoms. The Hall–Kier alpha value is -2.25. The van der Waals surface area contributed by atoms with Crippen molar-refractivity contribution in [2.75, 3.05) is 17.7 Å². The number of nitrogens with zero attached hydrogens (tertiary/aromatic N) is 1. The molecule has 0 heterocycles. The minimum absolute atomic E-state index is 0.247. The van der Waals surface area contributed by atoms with Crippen molar-refractivity contribution in [2.45, 2.75) is 51.6 Å². The Morgan fingerprint density at radius 1 is 1.10 bits per heavy atom. The average molecular weight is 465 g/mol. The molecule has 0 unspecified atom stereocenters. The number of sulfonamides is 1. The van der Waals surface area contributed by atoms with Crippen LogP contribution in [0.4, 0.5) is 5.69 Å². The lowest BCUT2D eigenvalue weighted by molar-refractivity contribution is -0.122. The van der Waals surface area contributed by atoms with Gasteiger partial charge in [0.25, 0.3) is 0 Å². The standard InChI is InChI=1S/C23H29ClN2O4S/c1-15(18-10-9-17-7-5-6-8-19(17)13-18)25-23(27)16(2)26(31(4,28)29)20-11-12-22(30-3)21(24)14-20/h9-16H,5-8H2,1-4H3,(H,25,27)/t15-,16+/m0/s1. The number of halogens is 1. The maximum atomic E-state index is 13.0. The van der Waals surface area contributed by atoms with Gasteiger partial charge < -0.3 is 10.1 Å². The third-order valence-corrected chi connectivity index (χ3v) is 7.25. The number of hydrogen-bond acceptors (Lipinski definition) is 4. The van der Waals surface area contributed by atoms with E-state index < -0.39 is 16.1 Å². The summed E-state index contributed by atoms with van der Waals surface area (Å²) in [6.45, 7) is 3.47. The second kappa shape index (κ2) is 9.49. The molecule has 0 saturated heterocycles. The summed E-state index contributed by atoms with van der Waals surface area (Å²) in [7, 11) is -2.26. The van der Waals surface area contributed by atoms with Crippen molar-refractivity contribution in [3.63, 3.8) is 0 Å². The number of benzene rings is 2. The van der Waals surface area contributed by atoms with Crippen molar-refractivity contribution in [3.8, 4) is 5.75 Å². The highest BCUT2D eigenvalue weighted by Crippen LogP contribution is 2.31. The second-order valence-electron chi connectivity index (χ2n) is 8.02. The fourth-order valence-electron chi connectivity index (χ4n) is 4.04. The molecule has 2 aromatic carbocycles. The SMILES string of the molecule is COc1ccc(N([C@H](C)C(=O)N[C@@H](C)c2ccc3c(c2)CCCC3)S(C)(=O)=O)cc1Cl. The highest BCUT2D eigenvalue weighted by Gasteiger charge is 2.30. The Kier molecular flexibility index (Phi) is 7.17. The molecule has 168 valence electrons. The predicted octanol–water partition coefficient (Wildman–Crippen LogP) is 4.26. The minimum atomic E-state index is -3.74. The summed E-state index contributed by atoms with van der Waals surface area (Å²) in [5, 5.41) is 3.23. The van der Waals surface area contributed by atoms with Gasteiger partial charge in [0.2, 0.25) is 15.9 Å². The monoisotopic (exact) mass is 464 g/mol. The molecule has 1 aliphatic carbocycles. The maximum Gasteiger partial charge on any atom is 0.244 e. The number of ether oxygens (including phenoxy) is 1. The van der Waals surface area contributed by atoms with Crippen molar-refractivity contribution in [2.24, 2.45) is 0 Å². The van der Waals surface area contributed by atoms with Crippen molar-refractivity contribution in [3.05, 3.63) is 58.1 Å². The Balaban J connectivity index is 1.81. The van der Waals surface area contributed by atoms with E-state index in [1.54, 1.807) is 19.1 Å². The number of anilines is 1. The van der Waals surface area contributed by atoms with Gasteiger partial charge >= 0.3 is 0 Å². The third-order valence-electron chi connectivity index (χ3n) is 5.71. The van der Waals surface area contributed by atoms with Gasteiger partial charge in [-0.15, -0.1) is 0 Å². The van der Waals surface area contributed by atoms with Crippen molar-refractivity contribution in [1.29, 1.82) is 0 Å². The Morgan fingerprint density at radius 3 is 2.39 bits per heavy atom. The second-order valence-corrected chi connectivity index (χ2v) is 10.3. The van der Waals surface area contributed by atoms with E-state index >= 15 is 0 Å². The number of carbonyl (C=O) groups excluding carboxylic acids is 1. The van der Waals surface area contributed by atoms with E-state index in [-0.39, 0.29) is 17.0 Å². The molecule has 0 aliphatic heterocycles.